The first kappa shape index (κ1) is 17.1. The normalized spacial score (nSPS) is 26.3. The lowest BCUT2D eigenvalue weighted by atomic mass is 9.81. The van der Waals surface area contributed by atoms with Crippen LogP contribution in [-0.2, 0) is 4.79 Å². The van der Waals surface area contributed by atoms with Gasteiger partial charge in [-0.25, -0.2) is 0 Å². The maximum atomic E-state index is 11.7. The Kier molecular flexibility index (Phi) is 5.29. The van der Waals surface area contributed by atoms with E-state index < -0.39 is 11.4 Å². The number of likely N-dealkylation sites (tertiary alicyclic amines) is 1. The number of rotatable bonds is 8. The predicted molar refractivity (Wildman–Crippen MR) is 91.6 cm³/mol. The zero-order chi connectivity index (χ0) is 17.0. The maximum absolute atomic E-state index is 11.7. The summed E-state index contributed by atoms with van der Waals surface area (Å²) >= 11 is 0. The molecule has 1 aliphatic heterocycles. The SMILES string of the molecule is CCCOc1ccc(OCCN2C[C@@H]3CCC[C@@]3(C(=O)O)C2)cc1. The lowest BCUT2D eigenvalue weighted by Crippen LogP contribution is -2.36. The van der Waals surface area contributed by atoms with Gasteiger partial charge in [-0.15, -0.1) is 0 Å². The van der Waals surface area contributed by atoms with Crippen LogP contribution in [0.3, 0.4) is 0 Å². The molecule has 1 saturated carbocycles. The first-order valence-electron chi connectivity index (χ1n) is 8.95. The summed E-state index contributed by atoms with van der Waals surface area (Å²) < 4.78 is 11.4. The summed E-state index contributed by atoms with van der Waals surface area (Å²) in [5.41, 5.74) is -0.502. The van der Waals surface area contributed by atoms with E-state index in [0.717, 1.165) is 56.9 Å². The van der Waals surface area contributed by atoms with Crippen LogP contribution in [0.4, 0.5) is 0 Å². The van der Waals surface area contributed by atoms with Crippen molar-refractivity contribution in [3.8, 4) is 11.5 Å². The Balaban J connectivity index is 1.45. The molecule has 1 saturated heterocycles. The van der Waals surface area contributed by atoms with Gasteiger partial charge in [0.2, 0.25) is 0 Å². The van der Waals surface area contributed by atoms with Crippen molar-refractivity contribution in [3.63, 3.8) is 0 Å². The molecule has 0 aromatic heterocycles. The van der Waals surface area contributed by atoms with E-state index in [-0.39, 0.29) is 0 Å². The highest BCUT2D eigenvalue weighted by Gasteiger charge is 2.54. The van der Waals surface area contributed by atoms with Crippen molar-refractivity contribution in [2.24, 2.45) is 11.3 Å². The third-order valence-electron chi connectivity index (χ3n) is 5.34. The number of hydrogen-bond acceptors (Lipinski definition) is 4. The summed E-state index contributed by atoms with van der Waals surface area (Å²) in [5, 5.41) is 9.61. The minimum absolute atomic E-state index is 0.310. The second-order valence-electron chi connectivity index (χ2n) is 6.95. The van der Waals surface area contributed by atoms with Crippen molar-refractivity contribution in [2.45, 2.75) is 32.6 Å². The van der Waals surface area contributed by atoms with E-state index in [9.17, 15) is 9.90 Å². The van der Waals surface area contributed by atoms with E-state index in [4.69, 9.17) is 9.47 Å². The summed E-state index contributed by atoms with van der Waals surface area (Å²) in [5.74, 6) is 1.38. The molecule has 2 atom stereocenters. The van der Waals surface area contributed by atoms with E-state index in [2.05, 4.69) is 11.8 Å². The molecule has 24 heavy (non-hydrogen) atoms. The molecule has 0 unspecified atom stereocenters. The molecule has 132 valence electrons. The van der Waals surface area contributed by atoms with E-state index in [1.165, 1.54) is 0 Å². The average molecular weight is 333 g/mol. The Bertz CT molecular complexity index is 559. The second-order valence-corrected chi connectivity index (χ2v) is 6.95. The van der Waals surface area contributed by atoms with Gasteiger partial charge in [0.05, 0.1) is 12.0 Å². The Morgan fingerprint density at radius 2 is 1.92 bits per heavy atom. The van der Waals surface area contributed by atoms with Crippen LogP contribution in [0.25, 0.3) is 0 Å². The number of carbonyl (C=O) groups is 1. The van der Waals surface area contributed by atoms with Crippen molar-refractivity contribution >= 4 is 5.97 Å². The minimum Gasteiger partial charge on any atom is -0.494 e. The highest BCUT2D eigenvalue weighted by atomic mass is 16.5. The van der Waals surface area contributed by atoms with Gasteiger partial charge in [0.25, 0.3) is 0 Å². The monoisotopic (exact) mass is 333 g/mol. The number of nitrogens with zero attached hydrogens (tertiary/aromatic N) is 1. The molecule has 2 fully saturated rings. The number of fused-ring (bicyclic) bond motifs is 1. The number of carboxylic acids is 1. The summed E-state index contributed by atoms with van der Waals surface area (Å²) in [7, 11) is 0. The van der Waals surface area contributed by atoms with Gasteiger partial charge in [0.1, 0.15) is 18.1 Å². The number of benzene rings is 1. The van der Waals surface area contributed by atoms with Gasteiger partial charge in [-0.2, -0.15) is 0 Å². The van der Waals surface area contributed by atoms with Crippen LogP contribution in [0.1, 0.15) is 32.6 Å². The Labute approximate surface area is 143 Å². The van der Waals surface area contributed by atoms with E-state index >= 15 is 0 Å². The summed E-state index contributed by atoms with van der Waals surface area (Å²) in [6.45, 7) is 5.72. The lowest BCUT2D eigenvalue weighted by molar-refractivity contribution is -0.149. The van der Waals surface area contributed by atoms with Crippen molar-refractivity contribution in [3.05, 3.63) is 24.3 Å². The molecule has 2 aliphatic rings. The molecule has 0 amide bonds. The molecule has 0 radical (unpaired) electrons. The fourth-order valence-electron chi connectivity index (χ4n) is 4.06. The molecular formula is C19H27NO4. The molecule has 1 N–H and O–H groups in total. The first-order chi connectivity index (χ1) is 11.6. The van der Waals surface area contributed by atoms with Gasteiger partial charge < -0.3 is 14.6 Å². The molecule has 1 aromatic rings. The van der Waals surface area contributed by atoms with Gasteiger partial charge in [-0.1, -0.05) is 13.3 Å². The van der Waals surface area contributed by atoms with Gasteiger partial charge in [-0.3, -0.25) is 9.69 Å². The molecule has 5 heteroatoms. The largest absolute Gasteiger partial charge is 0.494 e. The fourth-order valence-corrected chi connectivity index (χ4v) is 4.06. The van der Waals surface area contributed by atoms with Crippen molar-refractivity contribution < 1.29 is 19.4 Å². The standard InChI is InChI=1S/C19H27NO4/c1-2-11-23-16-5-7-17(8-6-16)24-12-10-20-13-15-4-3-9-19(15,14-20)18(21)22/h5-8,15H,2-4,9-14H2,1H3,(H,21,22)/t15-,19+/m0/s1. The van der Waals surface area contributed by atoms with E-state index in [0.29, 0.717) is 19.1 Å². The smallest absolute Gasteiger partial charge is 0.311 e. The fraction of sp³-hybridized carbons (Fsp3) is 0.632. The first-order valence-corrected chi connectivity index (χ1v) is 8.95. The van der Waals surface area contributed by atoms with Gasteiger partial charge >= 0.3 is 5.97 Å². The zero-order valence-electron chi connectivity index (χ0n) is 14.4. The van der Waals surface area contributed by atoms with E-state index in [1.54, 1.807) is 0 Å². The van der Waals surface area contributed by atoms with Gasteiger partial charge in [-0.05, 0) is 49.4 Å². The van der Waals surface area contributed by atoms with Gasteiger partial charge in [0.15, 0.2) is 0 Å². The van der Waals surface area contributed by atoms with Crippen LogP contribution >= 0.6 is 0 Å². The van der Waals surface area contributed by atoms with Crippen LogP contribution in [0.2, 0.25) is 0 Å². The quantitative estimate of drug-likeness (QED) is 0.792. The molecule has 0 bridgehead atoms. The van der Waals surface area contributed by atoms with Crippen LogP contribution in [0, 0.1) is 11.3 Å². The van der Waals surface area contributed by atoms with Crippen molar-refractivity contribution in [1.29, 1.82) is 0 Å². The van der Waals surface area contributed by atoms with Crippen LogP contribution in [0.15, 0.2) is 24.3 Å². The lowest BCUT2D eigenvalue weighted by Gasteiger charge is -2.23. The number of ether oxygens (including phenoxy) is 2. The van der Waals surface area contributed by atoms with Crippen LogP contribution in [-0.4, -0.2) is 48.8 Å². The molecule has 1 aromatic carbocycles. The average Bonchev–Trinajstić information content (AvgIpc) is 3.12. The molecular weight excluding hydrogens is 306 g/mol. The third kappa shape index (κ3) is 3.51. The second kappa shape index (κ2) is 7.43. The summed E-state index contributed by atoms with van der Waals surface area (Å²) in [6.07, 6.45) is 3.91. The third-order valence-corrected chi connectivity index (χ3v) is 5.34. The summed E-state index contributed by atoms with van der Waals surface area (Å²) in [6, 6.07) is 7.68. The molecule has 3 rings (SSSR count). The topological polar surface area (TPSA) is 59.0 Å². The summed E-state index contributed by atoms with van der Waals surface area (Å²) in [4.78, 5) is 13.9. The van der Waals surface area contributed by atoms with E-state index in [1.807, 2.05) is 24.3 Å². The molecule has 0 spiro atoms. The Morgan fingerprint density at radius 3 is 2.50 bits per heavy atom. The molecule has 1 heterocycles. The molecule has 5 nitrogen and oxygen atoms in total. The van der Waals surface area contributed by atoms with Crippen LogP contribution < -0.4 is 9.47 Å². The number of hydrogen-bond donors (Lipinski definition) is 1. The number of carboxylic acid groups (broad SMARTS) is 1. The van der Waals surface area contributed by atoms with Crippen molar-refractivity contribution in [2.75, 3.05) is 32.8 Å². The highest BCUT2D eigenvalue weighted by molar-refractivity contribution is 5.76. The van der Waals surface area contributed by atoms with Crippen molar-refractivity contribution in [1.82, 2.24) is 4.90 Å². The van der Waals surface area contributed by atoms with Gasteiger partial charge in [0, 0.05) is 19.6 Å². The predicted octanol–water partition coefficient (Wildman–Crippen LogP) is 3.04. The highest BCUT2D eigenvalue weighted by Crippen LogP contribution is 2.48. The Morgan fingerprint density at radius 1 is 1.25 bits per heavy atom. The van der Waals surface area contributed by atoms with Crippen LogP contribution in [0.5, 0.6) is 11.5 Å². The Hall–Kier alpha value is -1.75. The minimum atomic E-state index is -0.615. The maximum Gasteiger partial charge on any atom is 0.311 e. The zero-order valence-corrected chi connectivity index (χ0v) is 14.4. The molecule has 1 aliphatic carbocycles. The number of aliphatic carboxylic acids is 1.